The predicted octanol–water partition coefficient (Wildman–Crippen LogP) is 1.64. The van der Waals surface area contributed by atoms with Gasteiger partial charge in [0.1, 0.15) is 5.69 Å². The van der Waals surface area contributed by atoms with Crippen molar-refractivity contribution in [1.29, 1.82) is 0 Å². The van der Waals surface area contributed by atoms with Crippen molar-refractivity contribution in [3.8, 4) is 0 Å². The third-order valence-corrected chi connectivity index (χ3v) is 2.88. The van der Waals surface area contributed by atoms with Gasteiger partial charge >= 0.3 is 0 Å². The number of carbonyl (C=O) groups excluding carboxylic acids is 1. The van der Waals surface area contributed by atoms with E-state index in [4.69, 9.17) is 16.3 Å². The molecule has 1 saturated heterocycles. The molecule has 1 aliphatic heterocycles. The Kier molecular flexibility index (Phi) is 3.41. The number of hydrogen-bond donors (Lipinski definition) is 1. The molecule has 2 atom stereocenters. The third kappa shape index (κ3) is 2.51. The van der Waals surface area contributed by atoms with E-state index in [1.165, 1.54) is 6.20 Å². The van der Waals surface area contributed by atoms with Gasteiger partial charge in [-0.25, -0.2) is 0 Å². The van der Waals surface area contributed by atoms with E-state index < -0.39 is 0 Å². The second-order valence-electron chi connectivity index (χ2n) is 3.80. The first-order valence-electron chi connectivity index (χ1n) is 5.21. The largest absolute Gasteiger partial charge is 0.376 e. The maximum absolute atomic E-state index is 11.8. The van der Waals surface area contributed by atoms with Gasteiger partial charge in [-0.15, -0.1) is 0 Å². The molecule has 86 valence electrons. The molecule has 1 fully saturated rings. The standard InChI is InChI=1S/C11H13ClN2O2/c1-7-9(3-5-16-7)14-11(15)10-6-8(12)2-4-13-10/h2,4,6-7,9H,3,5H2,1H3,(H,14,15). The lowest BCUT2D eigenvalue weighted by Crippen LogP contribution is -2.39. The zero-order valence-electron chi connectivity index (χ0n) is 8.94. The molecular formula is C11H13ClN2O2. The first-order valence-corrected chi connectivity index (χ1v) is 5.58. The Labute approximate surface area is 99.0 Å². The summed E-state index contributed by atoms with van der Waals surface area (Å²) in [6, 6.07) is 3.25. The summed E-state index contributed by atoms with van der Waals surface area (Å²) >= 11 is 5.79. The molecule has 1 aromatic heterocycles. The Morgan fingerprint density at radius 1 is 1.69 bits per heavy atom. The Morgan fingerprint density at radius 2 is 2.50 bits per heavy atom. The number of halogens is 1. The summed E-state index contributed by atoms with van der Waals surface area (Å²) < 4.78 is 5.36. The maximum Gasteiger partial charge on any atom is 0.270 e. The Bertz CT molecular complexity index is 397. The minimum Gasteiger partial charge on any atom is -0.376 e. The monoisotopic (exact) mass is 240 g/mol. The number of aromatic nitrogens is 1. The van der Waals surface area contributed by atoms with Crippen molar-refractivity contribution in [1.82, 2.24) is 10.3 Å². The van der Waals surface area contributed by atoms with Crippen LogP contribution in [0.4, 0.5) is 0 Å². The quantitative estimate of drug-likeness (QED) is 0.855. The van der Waals surface area contributed by atoms with Crippen LogP contribution in [-0.2, 0) is 4.74 Å². The Hall–Kier alpha value is -1.13. The van der Waals surface area contributed by atoms with Crippen LogP contribution in [0.15, 0.2) is 18.3 Å². The van der Waals surface area contributed by atoms with Crippen molar-refractivity contribution in [3.05, 3.63) is 29.0 Å². The van der Waals surface area contributed by atoms with Crippen molar-refractivity contribution in [3.63, 3.8) is 0 Å². The predicted molar refractivity (Wildman–Crippen MR) is 60.5 cm³/mol. The summed E-state index contributed by atoms with van der Waals surface area (Å²) in [5, 5.41) is 3.40. The Morgan fingerprint density at radius 3 is 3.12 bits per heavy atom. The van der Waals surface area contributed by atoms with Gasteiger partial charge in [-0.3, -0.25) is 9.78 Å². The normalized spacial score (nSPS) is 24.4. The van der Waals surface area contributed by atoms with Gasteiger partial charge in [0.15, 0.2) is 0 Å². The number of carbonyl (C=O) groups is 1. The highest BCUT2D eigenvalue weighted by Crippen LogP contribution is 2.14. The molecule has 0 bridgehead atoms. The number of hydrogen-bond acceptors (Lipinski definition) is 3. The topological polar surface area (TPSA) is 51.2 Å². The van der Waals surface area contributed by atoms with Gasteiger partial charge in [0.05, 0.1) is 12.1 Å². The highest BCUT2D eigenvalue weighted by Gasteiger charge is 2.26. The van der Waals surface area contributed by atoms with Crippen molar-refractivity contribution < 1.29 is 9.53 Å². The molecule has 0 saturated carbocycles. The third-order valence-electron chi connectivity index (χ3n) is 2.65. The van der Waals surface area contributed by atoms with Crippen LogP contribution in [0.3, 0.4) is 0 Å². The molecule has 0 aromatic carbocycles. The first kappa shape index (κ1) is 11.4. The molecule has 0 radical (unpaired) electrons. The van der Waals surface area contributed by atoms with Crippen LogP contribution in [0, 0.1) is 0 Å². The first-order chi connectivity index (χ1) is 7.66. The molecule has 4 nitrogen and oxygen atoms in total. The molecule has 1 aromatic rings. The van der Waals surface area contributed by atoms with Gasteiger partial charge in [-0.2, -0.15) is 0 Å². The highest BCUT2D eigenvalue weighted by molar-refractivity contribution is 6.30. The molecule has 2 heterocycles. The lowest BCUT2D eigenvalue weighted by molar-refractivity contribution is 0.0862. The van der Waals surface area contributed by atoms with Crippen molar-refractivity contribution in [2.24, 2.45) is 0 Å². The summed E-state index contributed by atoms with van der Waals surface area (Å²) in [7, 11) is 0. The van der Waals surface area contributed by atoms with E-state index in [0.29, 0.717) is 17.3 Å². The molecule has 2 rings (SSSR count). The minimum atomic E-state index is -0.204. The molecule has 0 spiro atoms. The fraction of sp³-hybridized carbons (Fsp3) is 0.455. The van der Waals surface area contributed by atoms with E-state index in [1.807, 2.05) is 6.92 Å². The van der Waals surface area contributed by atoms with Crippen LogP contribution in [0.1, 0.15) is 23.8 Å². The zero-order chi connectivity index (χ0) is 11.5. The highest BCUT2D eigenvalue weighted by atomic mass is 35.5. The number of nitrogens with one attached hydrogen (secondary N) is 1. The summed E-state index contributed by atoms with van der Waals surface area (Å²) in [5.41, 5.74) is 0.339. The van der Waals surface area contributed by atoms with Crippen LogP contribution in [-0.4, -0.2) is 29.6 Å². The number of pyridine rings is 1. The van der Waals surface area contributed by atoms with Gasteiger partial charge < -0.3 is 10.1 Å². The molecule has 1 N–H and O–H groups in total. The van der Waals surface area contributed by atoms with E-state index in [2.05, 4.69) is 10.3 Å². The van der Waals surface area contributed by atoms with Gasteiger partial charge in [-0.05, 0) is 25.5 Å². The van der Waals surface area contributed by atoms with E-state index in [-0.39, 0.29) is 18.1 Å². The van der Waals surface area contributed by atoms with Gasteiger partial charge in [-0.1, -0.05) is 11.6 Å². The van der Waals surface area contributed by atoms with Crippen LogP contribution in [0.5, 0.6) is 0 Å². The van der Waals surface area contributed by atoms with Crippen LogP contribution in [0.25, 0.3) is 0 Å². The van der Waals surface area contributed by atoms with Crippen molar-refractivity contribution >= 4 is 17.5 Å². The summed E-state index contributed by atoms with van der Waals surface area (Å²) in [4.78, 5) is 15.8. The van der Waals surface area contributed by atoms with E-state index in [9.17, 15) is 4.79 Å². The number of amides is 1. The second kappa shape index (κ2) is 4.80. The smallest absolute Gasteiger partial charge is 0.270 e. The fourth-order valence-electron chi connectivity index (χ4n) is 1.69. The number of nitrogens with zero attached hydrogens (tertiary/aromatic N) is 1. The van der Waals surface area contributed by atoms with E-state index >= 15 is 0 Å². The molecule has 5 heteroatoms. The maximum atomic E-state index is 11.8. The van der Waals surface area contributed by atoms with E-state index in [0.717, 1.165) is 6.42 Å². The summed E-state index contributed by atoms with van der Waals surface area (Å²) in [6.07, 6.45) is 2.42. The summed E-state index contributed by atoms with van der Waals surface area (Å²) in [5.74, 6) is -0.204. The number of ether oxygens (including phenoxy) is 1. The van der Waals surface area contributed by atoms with Crippen LogP contribution in [0.2, 0.25) is 5.02 Å². The lowest BCUT2D eigenvalue weighted by Gasteiger charge is -2.15. The number of rotatable bonds is 2. The summed E-state index contributed by atoms with van der Waals surface area (Å²) in [6.45, 7) is 2.64. The molecule has 0 aliphatic carbocycles. The minimum absolute atomic E-state index is 0.0585. The van der Waals surface area contributed by atoms with Crippen LogP contribution >= 0.6 is 11.6 Å². The Balaban J connectivity index is 2.03. The molecule has 1 aliphatic rings. The van der Waals surface area contributed by atoms with Gasteiger partial charge in [0.2, 0.25) is 0 Å². The zero-order valence-corrected chi connectivity index (χ0v) is 9.70. The van der Waals surface area contributed by atoms with Crippen molar-refractivity contribution in [2.45, 2.75) is 25.5 Å². The van der Waals surface area contributed by atoms with Gasteiger partial charge in [0.25, 0.3) is 5.91 Å². The molecule has 2 unspecified atom stereocenters. The molecular weight excluding hydrogens is 228 g/mol. The van der Waals surface area contributed by atoms with E-state index in [1.54, 1.807) is 12.1 Å². The molecule has 16 heavy (non-hydrogen) atoms. The average molecular weight is 241 g/mol. The molecule has 1 amide bonds. The fourth-order valence-corrected chi connectivity index (χ4v) is 1.85. The van der Waals surface area contributed by atoms with Crippen molar-refractivity contribution in [2.75, 3.05) is 6.61 Å². The van der Waals surface area contributed by atoms with Crippen LogP contribution < -0.4 is 5.32 Å². The lowest BCUT2D eigenvalue weighted by atomic mass is 10.1. The second-order valence-corrected chi connectivity index (χ2v) is 4.24. The van der Waals surface area contributed by atoms with Gasteiger partial charge in [0, 0.05) is 17.8 Å². The average Bonchev–Trinajstić information content (AvgIpc) is 2.64. The SMILES string of the molecule is CC1OCCC1NC(=O)c1cc(Cl)ccn1.